The van der Waals surface area contributed by atoms with Crippen LogP contribution in [0.15, 0.2) is 30.6 Å². The second-order valence-electron chi connectivity index (χ2n) is 10.0. The molecule has 0 amide bonds. The quantitative estimate of drug-likeness (QED) is 0.582. The predicted molar refractivity (Wildman–Crippen MR) is 122 cm³/mol. The number of aliphatic hydroxyl groups excluding tert-OH is 1. The Morgan fingerprint density at radius 1 is 1.07 bits per heavy atom. The van der Waals surface area contributed by atoms with Crippen LogP contribution in [-0.2, 0) is 0 Å². The number of hydrogen-bond donors (Lipinski definition) is 1. The molecule has 3 fully saturated rings. The van der Waals surface area contributed by atoms with E-state index in [0.29, 0.717) is 29.4 Å². The first-order valence-electron chi connectivity index (χ1n) is 12.2. The van der Waals surface area contributed by atoms with Gasteiger partial charge < -0.3 is 9.84 Å². The summed E-state index contributed by atoms with van der Waals surface area (Å²) in [6.07, 6.45) is 13.7. The highest BCUT2D eigenvalue weighted by molar-refractivity contribution is 5.19. The molecule has 4 heteroatoms. The Bertz CT molecular complexity index is 694. The summed E-state index contributed by atoms with van der Waals surface area (Å²) in [6.45, 7) is 14.0. The summed E-state index contributed by atoms with van der Waals surface area (Å²) in [6, 6.07) is 2.26. The summed E-state index contributed by atoms with van der Waals surface area (Å²) in [5, 5.41) is 10.4. The van der Waals surface area contributed by atoms with Gasteiger partial charge in [-0.3, -0.25) is 0 Å². The topological polar surface area (TPSA) is 55.2 Å². The third kappa shape index (κ3) is 4.59. The van der Waals surface area contributed by atoms with Gasteiger partial charge in [-0.05, 0) is 92.4 Å². The largest absolute Gasteiger partial charge is 0.463 e. The maximum atomic E-state index is 10.4. The molecule has 4 rings (SSSR count). The van der Waals surface area contributed by atoms with Crippen LogP contribution in [0.25, 0.3) is 0 Å². The molecule has 0 aromatic carbocycles. The van der Waals surface area contributed by atoms with Crippen LogP contribution in [0.1, 0.15) is 85.5 Å². The molecule has 1 heterocycles. The predicted octanol–water partition coefficient (Wildman–Crippen LogP) is 6.21. The van der Waals surface area contributed by atoms with Crippen molar-refractivity contribution in [2.24, 2.45) is 28.6 Å². The molecule has 3 aliphatic carbocycles. The third-order valence-corrected chi connectivity index (χ3v) is 8.76. The van der Waals surface area contributed by atoms with Crippen molar-refractivity contribution in [3.63, 3.8) is 0 Å². The van der Waals surface area contributed by atoms with Gasteiger partial charge in [-0.15, -0.1) is 0 Å². The Morgan fingerprint density at radius 2 is 1.80 bits per heavy atom. The van der Waals surface area contributed by atoms with Gasteiger partial charge in [-0.2, -0.15) is 0 Å². The minimum absolute atomic E-state index is 0.161. The lowest BCUT2D eigenvalue weighted by molar-refractivity contribution is -0.0551. The molecule has 1 aromatic heterocycles. The average molecular weight is 415 g/mol. The number of nitrogens with zero attached hydrogens (tertiary/aromatic N) is 2. The van der Waals surface area contributed by atoms with Gasteiger partial charge in [0.1, 0.15) is 0 Å². The summed E-state index contributed by atoms with van der Waals surface area (Å²) in [5.74, 6) is 2.05. The molecule has 168 valence electrons. The minimum Gasteiger partial charge on any atom is -0.463 e. The van der Waals surface area contributed by atoms with E-state index >= 15 is 0 Å². The molecule has 30 heavy (non-hydrogen) atoms. The van der Waals surface area contributed by atoms with Crippen LogP contribution < -0.4 is 4.74 Å². The molecule has 4 nitrogen and oxygen atoms in total. The SMILES string of the molecule is C=C1CCC2CC(C3(C)CCC(O)CC3CCOc3ncccn3)CCC12C.CC. The van der Waals surface area contributed by atoms with Gasteiger partial charge >= 0.3 is 6.01 Å². The Kier molecular flexibility index (Phi) is 7.60. The van der Waals surface area contributed by atoms with Crippen LogP contribution in [0.5, 0.6) is 6.01 Å². The number of fused-ring (bicyclic) bond motifs is 1. The van der Waals surface area contributed by atoms with E-state index in [2.05, 4.69) is 30.4 Å². The number of rotatable bonds is 5. The number of aromatic nitrogens is 2. The Morgan fingerprint density at radius 3 is 2.53 bits per heavy atom. The van der Waals surface area contributed by atoms with E-state index in [-0.39, 0.29) is 6.10 Å². The van der Waals surface area contributed by atoms with Crippen molar-refractivity contribution in [3.8, 4) is 6.01 Å². The lowest BCUT2D eigenvalue weighted by atomic mass is 9.52. The molecule has 0 aliphatic heterocycles. The van der Waals surface area contributed by atoms with Crippen LogP contribution in [0.4, 0.5) is 0 Å². The summed E-state index contributed by atoms with van der Waals surface area (Å²) in [4.78, 5) is 8.33. The van der Waals surface area contributed by atoms with E-state index in [1.807, 2.05) is 13.8 Å². The van der Waals surface area contributed by atoms with Crippen molar-refractivity contribution in [3.05, 3.63) is 30.6 Å². The zero-order chi connectivity index (χ0) is 21.8. The van der Waals surface area contributed by atoms with Crippen LogP contribution in [0.3, 0.4) is 0 Å². The Labute approximate surface area is 183 Å². The van der Waals surface area contributed by atoms with Gasteiger partial charge in [0.05, 0.1) is 12.7 Å². The fourth-order valence-corrected chi connectivity index (χ4v) is 6.57. The summed E-state index contributed by atoms with van der Waals surface area (Å²) in [7, 11) is 0. The summed E-state index contributed by atoms with van der Waals surface area (Å²) >= 11 is 0. The van der Waals surface area contributed by atoms with Crippen LogP contribution in [0.2, 0.25) is 0 Å². The maximum absolute atomic E-state index is 10.4. The summed E-state index contributed by atoms with van der Waals surface area (Å²) < 4.78 is 5.81. The standard InChI is InChI=1S/C24H36N2O2.C2H6/c1-17-5-6-18-15-19(7-10-23(17,18)2)24(3)11-8-21(27)16-20(24)9-14-28-22-25-12-4-13-26-22;1-2/h4,12-13,18-21,27H,1,5-11,14-16H2,2-3H3;1-2H3. The molecule has 3 saturated carbocycles. The molecule has 6 atom stereocenters. The highest BCUT2D eigenvalue weighted by Gasteiger charge is 2.52. The van der Waals surface area contributed by atoms with Crippen molar-refractivity contribution in [2.45, 2.75) is 91.6 Å². The van der Waals surface area contributed by atoms with E-state index in [4.69, 9.17) is 4.74 Å². The van der Waals surface area contributed by atoms with E-state index < -0.39 is 0 Å². The number of aliphatic hydroxyl groups is 1. The first-order chi connectivity index (χ1) is 14.4. The van der Waals surface area contributed by atoms with Gasteiger partial charge in [0.15, 0.2) is 0 Å². The van der Waals surface area contributed by atoms with Gasteiger partial charge in [0.25, 0.3) is 0 Å². The molecule has 1 N–H and O–H groups in total. The van der Waals surface area contributed by atoms with Crippen molar-refractivity contribution in [2.75, 3.05) is 6.61 Å². The van der Waals surface area contributed by atoms with Gasteiger partial charge in [-0.1, -0.05) is 39.8 Å². The smallest absolute Gasteiger partial charge is 0.316 e. The molecule has 0 radical (unpaired) electrons. The van der Waals surface area contributed by atoms with Gasteiger partial charge in [0.2, 0.25) is 0 Å². The molecule has 0 spiro atoms. The van der Waals surface area contributed by atoms with Crippen molar-refractivity contribution >= 4 is 0 Å². The average Bonchev–Trinajstić information content (AvgIpc) is 3.07. The molecule has 6 unspecified atom stereocenters. The lowest BCUT2D eigenvalue weighted by Crippen LogP contribution is -2.46. The Hall–Kier alpha value is -1.42. The first kappa shape index (κ1) is 23.2. The van der Waals surface area contributed by atoms with Gasteiger partial charge in [0, 0.05) is 12.4 Å². The van der Waals surface area contributed by atoms with E-state index in [9.17, 15) is 5.11 Å². The van der Waals surface area contributed by atoms with Crippen molar-refractivity contribution < 1.29 is 9.84 Å². The molecule has 0 saturated heterocycles. The first-order valence-corrected chi connectivity index (χ1v) is 12.2. The number of hydrogen-bond acceptors (Lipinski definition) is 4. The molecular formula is C26H42N2O2. The van der Waals surface area contributed by atoms with E-state index in [1.165, 1.54) is 37.7 Å². The number of allylic oxidation sites excluding steroid dienone is 1. The monoisotopic (exact) mass is 414 g/mol. The molecular weight excluding hydrogens is 372 g/mol. The second-order valence-corrected chi connectivity index (χ2v) is 10.0. The molecule has 3 aliphatic rings. The van der Waals surface area contributed by atoms with E-state index in [1.54, 1.807) is 18.5 Å². The van der Waals surface area contributed by atoms with Crippen molar-refractivity contribution in [1.82, 2.24) is 9.97 Å². The Balaban J connectivity index is 0.00000124. The second kappa shape index (κ2) is 9.80. The summed E-state index contributed by atoms with van der Waals surface area (Å²) in [5.41, 5.74) is 2.17. The highest BCUT2D eigenvalue weighted by atomic mass is 16.5. The van der Waals surface area contributed by atoms with Crippen LogP contribution in [-0.4, -0.2) is 27.8 Å². The van der Waals surface area contributed by atoms with Crippen LogP contribution >= 0.6 is 0 Å². The highest BCUT2D eigenvalue weighted by Crippen LogP contribution is 2.61. The fraction of sp³-hybridized carbons (Fsp3) is 0.769. The fourth-order valence-electron chi connectivity index (χ4n) is 6.57. The zero-order valence-electron chi connectivity index (χ0n) is 19.6. The third-order valence-electron chi connectivity index (χ3n) is 8.76. The number of ether oxygens (including phenoxy) is 1. The van der Waals surface area contributed by atoms with E-state index in [0.717, 1.165) is 37.5 Å². The van der Waals surface area contributed by atoms with Gasteiger partial charge in [-0.25, -0.2) is 9.97 Å². The molecule has 0 bridgehead atoms. The maximum Gasteiger partial charge on any atom is 0.316 e. The van der Waals surface area contributed by atoms with Crippen LogP contribution in [0, 0.1) is 28.6 Å². The lowest BCUT2D eigenvalue weighted by Gasteiger charge is -2.53. The molecule has 1 aromatic rings. The zero-order valence-corrected chi connectivity index (χ0v) is 19.6. The minimum atomic E-state index is -0.161. The normalized spacial score (nSPS) is 38.4. The van der Waals surface area contributed by atoms with Crippen molar-refractivity contribution in [1.29, 1.82) is 0 Å².